The zero-order valence-electron chi connectivity index (χ0n) is 9.15. The maximum absolute atomic E-state index is 11.7. The number of carboxylic acid groups (broad SMARTS) is 1. The van der Waals surface area contributed by atoms with Gasteiger partial charge >= 0.3 is 5.97 Å². The molecule has 2 aliphatic rings. The third-order valence-electron chi connectivity index (χ3n) is 3.10. The van der Waals surface area contributed by atoms with Gasteiger partial charge in [-0.15, -0.1) is 0 Å². The van der Waals surface area contributed by atoms with Crippen molar-refractivity contribution in [1.82, 2.24) is 5.32 Å². The fourth-order valence-electron chi connectivity index (χ4n) is 1.96. The average Bonchev–Trinajstić information content (AvgIpc) is 2.89. The molecule has 0 radical (unpaired) electrons. The Hall–Kier alpha value is -1.10. The molecule has 0 bridgehead atoms. The van der Waals surface area contributed by atoms with E-state index < -0.39 is 18.1 Å². The summed E-state index contributed by atoms with van der Waals surface area (Å²) in [5, 5.41) is 11.6. The van der Waals surface area contributed by atoms with Gasteiger partial charge in [0, 0.05) is 6.61 Å². The van der Waals surface area contributed by atoms with Crippen LogP contribution in [0, 0.1) is 5.92 Å². The van der Waals surface area contributed by atoms with Crippen molar-refractivity contribution < 1.29 is 19.4 Å². The lowest BCUT2D eigenvalue weighted by atomic mass is 10.1. The second kappa shape index (κ2) is 4.82. The maximum atomic E-state index is 11.7. The summed E-state index contributed by atoms with van der Waals surface area (Å²) in [6, 6.07) is -0.746. The number of ether oxygens (including phenoxy) is 1. The summed E-state index contributed by atoms with van der Waals surface area (Å²) >= 11 is 0. The Morgan fingerprint density at radius 2 is 2.12 bits per heavy atom. The van der Waals surface area contributed by atoms with Crippen LogP contribution in [0.3, 0.4) is 0 Å². The Morgan fingerprint density at radius 1 is 1.38 bits per heavy atom. The summed E-state index contributed by atoms with van der Waals surface area (Å²) in [5.41, 5.74) is 0. The van der Waals surface area contributed by atoms with Gasteiger partial charge in [0.05, 0.1) is 0 Å². The van der Waals surface area contributed by atoms with E-state index in [0.29, 0.717) is 25.4 Å². The minimum atomic E-state index is -0.946. The van der Waals surface area contributed by atoms with E-state index >= 15 is 0 Å². The topological polar surface area (TPSA) is 75.6 Å². The normalized spacial score (nSPS) is 26.4. The molecule has 16 heavy (non-hydrogen) atoms. The van der Waals surface area contributed by atoms with Crippen molar-refractivity contribution in [2.24, 2.45) is 5.92 Å². The van der Waals surface area contributed by atoms with Crippen molar-refractivity contribution >= 4 is 11.9 Å². The molecule has 2 fully saturated rings. The van der Waals surface area contributed by atoms with E-state index in [1.807, 2.05) is 0 Å². The molecular weight excluding hydrogens is 210 g/mol. The molecular formula is C11H17NO4. The number of hydrogen-bond acceptors (Lipinski definition) is 3. The van der Waals surface area contributed by atoms with Crippen LogP contribution in [0.4, 0.5) is 0 Å². The van der Waals surface area contributed by atoms with Crippen molar-refractivity contribution in [3.05, 3.63) is 0 Å². The maximum Gasteiger partial charge on any atom is 0.326 e. The van der Waals surface area contributed by atoms with Crippen molar-refractivity contribution in [2.45, 2.75) is 44.2 Å². The number of hydrogen-bond donors (Lipinski definition) is 2. The lowest BCUT2D eigenvalue weighted by Gasteiger charge is -2.16. The molecule has 1 heterocycles. The molecule has 0 aromatic heterocycles. The summed E-state index contributed by atoms with van der Waals surface area (Å²) in [6.45, 7) is 0.596. The van der Waals surface area contributed by atoms with Crippen LogP contribution in [0.2, 0.25) is 0 Å². The molecule has 2 rings (SSSR count). The van der Waals surface area contributed by atoms with Gasteiger partial charge < -0.3 is 15.2 Å². The molecule has 0 unspecified atom stereocenters. The molecule has 1 aliphatic carbocycles. The van der Waals surface area contributed by atoms with E-state index in [1.165, 1.54) is 0 Å². The van der Waals surface area contributed by atoms with Crippen LogP contribution < -0.4 is 5.32 Å². The Kier molecular flexibility index (Phi) is 3.43. The van der Waals surface area contributed by atoms with Gasteiger partial charge in [-0.2, -0.15) is 0 Å². The predicted octanol–water partition coefficient (Wildman–Crippen LogP) is 0.535. The third-order valence-corrected chi connectivity index (χ3v) is 3.10. The zero-order chi connectivity index (χ0) is 11.5. The Labute approximate surface area is 94.2 Å². The first-order chi connectivity index (χ1) is 7.66. The summed E-state index contributed by atoms with van der Waals surface area (Å²) < 4.78 is 5.21. The molecule has 0 aromatic rings. The Bertz CT molecular complexity index is 282. The van der Waals surface area contributed by atoms with Gasteiger partial charge in [0.2, 0.25) is 5.91 Å². The predicted molar refractivity (Wildman–Crippen MR) is 55.9 cm³/mol. The van der Waals surface area contributed by atoms with E-state index in [1.54, 1.807) is 0 Å². The number of amides is 1. The second-order valence-corrected chi connectivity index (χ2v) is 4.58. The van der Waals surface area contributed by atoms with Crippen LogP contribution in [0.25, 0.3) is 0 Å². The first-order valence-corrected chi connectivity index (χ1v) is 5.81. The van der Waals surface area contributed by atoms with E-state index in [2.05, 4.69) is 5.32 Å². The molecule has 2 N–H and O–H groups in total. The molecule has 0 aromatic carbocycles. The second-order valence-electron chi connectivity index (χ2n) is 4.58. The number of nitrogens with one attached hydrogen (secondary N) is 1. The van der Waals surface area contributed by atoms with Gasteiger partial charge in [-0.3, -0.25) is 4.79 Å². The number of rotatable bonds is 5. The number of aliphatic carboxylic acids is 1. The summed E-state index contributed by atoms with van der Waals surface area (Å²) in [7, 11) is 0. The first-order valence-electron chi connectivity index (χ1n) is 5.81. The quantitative estimate of drug-likeness (QED) is 0.718. The molecule has 2 atom stereocenters. The van der Waals surface area contributed by atoms with Gasteiger partial charge in [0.1, 0.15) is 12.1 Å². The van der Waals surface area contributed by atoms with Gasteiger partial charge in [0.15, 0.2) is 0 Å². The average molecular weight is 227 g/mol. The molecule has 90 valence electrons. The smallest absolute Gasteiger partial charge is 0.326 e. The number of carbonyl (C=O) groups excluding carboxylic acids is 1. The summed E-state index contributed by atoms with van der Waals surface area (Å²) in [6.07, 6.45) is 3.84. The fourth-order valence-corrected chi connectivity index (χ4v) is 1.96. The van der Waals surface area contributed by atoms with E-state index in [4.69, 9.17) is 9.84 Å². The third kappa shape index (κ3) is 2.95. The summed E-state index contributed by atoms with van der Waals surface area (Å²) in [4.78, 5) is 22.6. The van der Waals surface area contributed by atoms with Crippen molar-refractivity contribution in [3.8, 4) is 0 Å². The van der Waals surface area contributed by atoms with Crippen molar-refractivity contribution in [1.29, 1.82) is 0 Å². The zero-order valence-corrected chi connectivity index (χ0v) is 9.15. The highest BCUT2D eigenvalue weighted by Gasteiger charge is 2.32. The van der Waals surface area contributed by atoms with Crippen LogP contribution >= 0.6 is 0 Å². The van der Waals surface area contributed by atoms with Crippen LogP contribution in [-0.4, -0.2) is 35.7 Å². The van der Waals surface area contributed by atoms with E-state index in [9.17, 15) is 9.59 Å². The van der Waals surface area contributed by atoms with E-state index in [-0.39, 0.29) is 5.91 Å². The molecule has 1 saturated heterocycles. The molecule has 1 saturated carbocycles. The highest BCUT2D eigenvalue weighted by atomic mass is 16.5. The standard InChI is InChI=1S/C11H17NO4/c13-10(9-2-1-5-16-9)12-8(11(14)15)6-7-3-4-7/h7-9H,1-6H2,(H,12,13)(H,14,15)/t8-,9-/m1/s1. The molecule has 5 nitrogen and oxygen atoms in total. The van der Waals surface area contributed by atoms with Crippen LogP contribution in [-0.2, 0) is 14.3 Å². The first kappa shape index (κ1) is 11.4. The fraction of sp³-hybridized carbons (Fsp3) is 0.818. The highest BCUT2D eigenvalue weighted by Crippen LogP contribution is 2.33. The van der Waals surface area contributed by atoms with Gasteiger partial charge in [-0.05, 0) is 25.2 Å². The SMILES string of the molecule is O=C(O)[C@@H](CC1CC1)NC(=O)[C@H]1CCCO1. The van der Waals surface area contributed by atoms with Crippen molar-refractivity contribution in [2.75, 3.05) is 6.61 Å². The van der Waals surface area contributed by atoms with E-state index in [0.717, 1.165) is 19.3 Å². The molecule has 0 spiro atoms. The minimum Gasteiger partial charge on any atom is -0.480 e. The number of carboxylic acids is 1. The van der Waals surface area contributed by atoms with Crippen LogP contribution in [0.1, 0.15) is 32.1 Å². The minimum absolute atomic E-state index is 0.273. The van der Waals surface area contributed by atoms with Gasteiger partial charge in [-0.25, -0.2) is 4.79 Å². The molecule has 5 heteroatoms. The molecule has 1 amide bonds. The van der Waals surface area contributed by atoms with Gasteiger partial charge in [-0.1, -0.05) is 12.8 Å². The van der Waals surface area contributed by atoms with Crippen LogP contribution in [0.15, 0.2) is 0 Å². The Morgan fingerprint density at radius 3 is 2.62 bits per heavy atom. The number of carbonyl (C=O) groups is 2. The van der Waals surface area contributed by atoms with Crippen LogP contribution in [0.5, 0.6) is 0 Å². The Balaban J connectivity index is 1.83. The largest absolute Gasteiger partial charge is 0.480 e. The highest BCUT2D eigenvalue weighted by molar-refractivity contribution is 5.86. The summed E-state index contributed by atoms with van der Waals surface area (Å²) in [5.74, 6) is -0.741. The van der Waals surface area contributed by atoms with Crippen molar-refractivity contribution in [3.63, 3.8) is 0 Å². The molecule has 1 aliphatic heterocycles. The monoisotopic (exact) mass is 227 g/mol. The lowest BCUT2D eigenvalue weighted by Crippen LogP contribution is -2.45. The lowest BCUT2D eigenvalue weighted by molar-refractivity contribution is -0.143. The van der Waals surface area contributed by atoms with Gasteiger partial charge in [0.25, 0.3) is 0 Å².